The number of carbonyl (C=O) groups excluding carboxylic acids is 2. The Morgan fingerprint density at radius 3 is 2.29 bits per heavy atom. The van der Waals surface area contributed by atoms with Crippen LogP contribution in [0.25, 0.3) is 5.69 Å². The zero-order chi connectivity index (χ0) is 16.8. The standard InChI is InChI=1S/C17H15N5O2/c23-16(11-13-7-3-1-4-8-13)19-20-17(24)15-12-22(21-18-15)14-9-5-2-6-10-14/h1-10,12H,11H2,(H,19,23)(H,20,24). The Bertz CT molecular complexity index is 830. The summed E-state index contributed by atoms with van der Waals surface area (Å²) in [5.74, 6) is -0.844. The molecule has 0 fully saturated rings. The third-order valence-corrected chi connectivity index (χ3v) is 3.27. The largest absolute Gasteiger partial charge is 0.291 e. The molecule has 0 unspecified atom stereocenters. The van der Waals surface area contributed by atoms with Crippen molar-refractivity contribution in [1.29, 1.82) is 0 Å². The first-order valence-corrected chi connectivity index (χ1v) is 7.33. The molecule has 0 atom stereocenters. The molecule has 0 spiro atoms. The Balaban J connectivity index is 1.56. The fourth-order valence-electron chi connectivity index (χ4n) is 2.09. The average molecular weight is 321 g/mol. The fourth-order valence-corrected chi connectivity index (χ4v) is 2.09. The van der Waals surface area contributed by atoms with Gasteiger partial charge in [0, 0.05) is 0 Å². The van der Waals surface area contributed by atoms with Gasteiger partial charge in [0.25, 0.3) is 5.91 Å². The molecule has 0 aliphatic carbocycles. The summed E-state index contributed by atoms with van der Waals surface area (Å²) in [6.07, 6.45) is 1.67. The van der Waals surface area contributed by atoms with Gasteiger partial charge in [-0.25, -0.2) is 4.68 Å². The minimum atomic E-state index is -0.529. The molecule has 1 aromatic heterocycles. The Hall–Kier alpha value is -3.48. The second-order valence-electron chi connectivity index (χ2n) is 5.05. The van der Waals surface area contributed by atoms with Crippen molar-refractivity contribution in [2.45, 2.75) is 6.42 Å². The number of carbonyl (C=O) groups is 2. The fraction of sp³-hybridized carbons (Fsp3) is 0.0588. The molecule has 0 radical (unpaired) electrons. The van der Waals surface area contributed by atoms with Gasteiger partial charge in [0.1, 0.15) is 0 Å². The van der Waals surface area contributed by atoms with Crippen LogP contribution < -0.4 is 10.9 Å². The maximum Gasteiger partial charge on any atom is 0.291 e. The van der Waals surface area contributed by atoms with Gasteiger partial charge in [-0.05, 0) is 17.7 Å². The molecule has 1 heterocycles. The molecule has 0 aliphatic heterocycles. The number of hydrogen-bond donors (Lipinski definition) is 2. The van der Waals surface area contributed by atoms with Crippen LogP contribution in [0.2, 0.25) is 0 Å². The molecule has 0 saturated carbocycles. The molecule has 2 aromatic carbocycles. The van der Waals surface area contributed by atoms with E-state index >= 15 is 0 Å². The zero-order valence-electron chi connectivity index (χ0n) is 12.7. The Morgan fingerprint density at radius 2 is 1.58 bits per heavy atom. The van der Waals surface area contributed by atoms with Crippen molar-refractivity contribution in [2.75, 3.05) is 0 Å². The number of benzene rings is 2. The zero-order valence-corrected chi connectivity index (χ0v) is 12.7. The van der Waals surface area contributed by atoms with Gasteiger partial charge in [0.15, 0.2) is 5.69 Å². The lowest BCUT2D eigenvalue weighted by Crippen LogP contribution is -2.42. The first kappa shape index (κ1) is 15.4. The van der Waals surface area contributed by atoms with Gasteiger partial charge >= 0.3 is 0 Å². The summed E-state index contributed by atoms with van der Waals surface area (Å²) in [6, 6.07) is 18.6. The first-order valence-electron chi connectivity index (χ1n) is 7.33. The van der Waals surface area contributed by atoms with Crippen LogP contribution >= 0.6 is 0 Å². The van der Waals surface area contributed by atoms with Crippen LogP contribution in [0.4, 0.5) is 0 Å². The van der Waals surface area contributed by atoms with Crippen molar-refractivity contribution in [3.8, 4) is 5.69 Å². The van der Waals surface area contributed by atoms with Gasteiger partial charge < -0.3 is 0 Å². The molecular weight excluding hydrogens is 306 g/mol. The Morgan fingerprint density at radius 1 is 0.917 bits per heavy atom. The summed E-state index contributed by atoms with van der Waals surface area (Å²) in [6.45, 7) is 0. The van der Waals surface area contributed by atoms with Crippen LogP contribution in [0.15, 0.2) is 66.9 Å². The number of aromatic nitrogens is 3. The highest BCUT2D eigenvalue weighted by molar-refractivity contribution is 5.93. The molecule has 7 heteroatoms. The molecule has 7 nitrogen and oxygen atoms in total. The number of nitrogens with one attached hydrogen (secondary N) is 2. The number of hydrazine groups is 1. The number of hydrogen-bond acceptors (Lipinski definition) is 4. The highest BCUT2D eigenvalue weighted by Crippen LogP contribution is 2.05. The van der Waals surface area contributed by atoms with Crippen LogP contribution in [0, 0.1) is 0 Å². The lowest BCUT2D eigenvalue weighted by atomic mass is 10.1. The van der Waals surface area contributed by atoms with E-state index in [1.807, 2.05) is 60.7 Å². The van der Waals surface area contributed by atoms with E-state index in [1.54, 1.807) is 0 Å². The van der Waals surface area contributed by atoms with Gasteiger partial charge in [-0.2, -0.15) is 0 Å². The van der Waals surface area contributed by atoms with Gasteiger partial charge in [0.05, 0.1) is 18.3 Å². The van der Waals surface area contributed by atoms with Crippen molar-refractivity contribution in [1.82, 2.24) is 25.8 Å². The summed E-state index contributed by atoms with van der Waals surface area (Å²) in [5.41, 5.74) is 6.45. The smallest absolute Gasteiger partial charge is 0.273 e. The first-order chi connectivity index (χ1) is 11.7. The highest BCUT2D eigenvalue weighted by atomic mass is 16.2. The maximum absolute atomic E-state index is 12.0. The van der Waals surface area contributed by atoms with E-state index in [1.165, 1.54) is 10.9 Å². The van der Waals surface area contributed by atoms with Crippen molar-refractivity contribution in [3.05, 3.63) is 78.1 Å². The summed E-state index contributed by atoms with van der Waals surface area (Å²) in [4.78, 5) is 23.8. The molecule has 24 heavy (non-hydrogen) atoms. The van der Waals surface area contributed by atoms with E-state index in [4.69, 9.17) is 0 Å². The summed E-state index contributed by atoms with van der Waals surface area (Å²) in [5, 5.41) is 7.70. The Labute approximate surface area is 138 Å². The summed E-state index contributed by atoms with van der Waals surface area (Å²) in [7, 11) is 0. The molecule has 0 saturated heterocycles. The van der Waals surface area contributed by atoms with Crippen molar-refractivity contribution in [3.63, 3.8) is 0 Å². The number of rotatable bonds is 4. The molecule has 0 aliphatic rings. The molecule has 0 bridgehead atoms. The predicted molar refractivity (Wildman–Crippen MR) is 87.1 cm³/mol. The van der Waals surface area contributed by atoms with Crippen LogP contribution in [-0.4, -0.2) is 26.8 Å². The van der Waals surface area contributed by atoms with E-state index in [2.05, 4.69) is 21.2 Å². The van der Waals surface area contributed by atoms with Gasteiger partial charge in [0.2, 0.25) is 5.91 Å². The minimum absolute atomic E-state index is 0.110. The third-order valence-electron chi connectivity index (χ3n) is 3.27. The normalized spacial score (nSPS) is 10.2. The maximum atomic E-state index is 12.0. The SMILES string of the molecule is O=C(Cc1ccccc1)NNC(=O)c1cn(-c2ccccc2)nn1. The van der Waals surface area contributed by atoms with E-state index in [0.717, 1.165) is 11.3 Å². The number of nitrogens with zero attached hydrogens (tertiary/aromatic N) is 3. The van der Waals surface area contributed by atoms with Crippen molar-refractivity contribution in [2.24, 2.45) is 0 Å². The molecule has 2 N–H and O–H groups in total. The highest BCUT2D eigenvalue weighted by Gasteiger charge is 2.12. The Kier molecular flexibility index (Phi) is 4.62. The lowest BCUT2D eigenvalue weighted by Gasteiger charge is -2.05. The second-order valence-corrected chi connectivity index (χ2v) is 5.05. The van der Waals surface area contributed by atoms with E-state index < -0.39 is 5.91 Å². The number of amides is 2. The van der Waals surface area contributed by atoms with Crippen LogP contribution in [0.5, 0.6) is 0 Å². The van der Waals surface area contributed by atoms with Crippen molar-refractivity contribution < 1.29 is 9.59 Å². The minimum Gasteiger partial charge on any atom is -0.273 e. The molecule has 2 amide bonds. The lowest BCUT2D eigenvalue weighted by molar-refractivity contribution is -0.121. The van der Waals surface area contributed by atoms with E-state index in [-0.39, 0.29) is 18.0 Å². The second kappa shape index (κ2) is 7.19. The predicted octanol–water partition coefficient (Wildman–Crippen LogP) is 1.27. The monoisotopic (exact) mass is 321 g/mol. The molecular formula is C17H15N5O2. The topological polar surface area (TPSA) is 88.9 Å². The molecule has 120 valence electrons. The van der Waals surface area contributed by atoms with E-state index in [9.17, 15) is 9.59 Å². The van der Waals surface area contributed by atoms with Crippen LogP contribution in [0.1, 0.15) is 16.1 Å². The average Bonchev–Trinajstić information content (AvgIpc) is 3.11. The molecule has 3 aromatic rings. The van der Waals surface area contributed by atoms with Crippen molar-refractivity contribution >= 4 is 11.8 Å². The quantitative estimate of drug-likeness (QED) is 0.708. The third kappa shape index (κ3) is 3.83. The van der Waals surface area contributed by atoms with Gasteiger partial charge in [-0.1, -0.05) is 53.7 Å². The van der Waals surface area contributed by atoms with Crippen LogP contribution in [0.3, 0.4) is 0 Å². The van der Waals surface area contributed by atoms with Gasteiger partial charge in [-0.3, -0.25) is 20.4 Å². The number of para-hydroxylation sites is 1. The summed E-state index contributed by atoms with van der Waals surface area (Å²) >= 11 is 0. The molecule has 3 rings (SSSR count). The summed E-state index contributed by atoms with van der Waals surface area (Å²) < 4.78 is 1.49. The van der Waals surface area contributed by atoms with Crippen LogP contribution in [-0.2, 0) is 11.2 Å². The van der Waals surface area contributed by atoms with Gasteiger partial charge in [-0.15, -0.1) is 5.10 Å². The van der Waals surface area contributed by atoms with E-state index in [0.29, 0.717) is 0 Å².